The number of hydrogen-bond acceptors (Lipinski definition) is 5. The number of amides is 1. The molecule has 0 aliphatic rings. The van der Waals surface area contributed by atoms with Crippen LogP contribution in [0.3, 0.4) is 0 Å². The van der Waals surface area contributed by atoms with Gasteiger partial charge in [0.2, 0.25) is 0 Å². The average molecular weight is 514 g/mol. The Kier molecular flexibility index (Phi) is 9.17. The molecule has 0 bridgehead atoms. The van der Waals surface area contributed by atoms with Gasteiger partial charge in [-0.3, -0.25) is 14.6 Å². The van der Waals surface area contributed by atoms with Crippen molar-refractivity contribution in [2.75, 3.05) is 13.2 Å². The van der Waals surface area contributed by atoms with Crippen molar-refractivity contribution in [2.45, 2.75) is 38.6 Å². The van der Waals surface area contributed by atoms with Crippen LogP contribution in [0.1, 0.15) is 48.7 Å². The molecule has 0 saturated carbocycles. The number of nitrogens with zero attached hydrogens (tertiary/aromatic N) is 2. The highest BCUT2D eigenvalue weighted by atomic mass is 16.5. The van der Waals surface area contributed by atoms with E-state index >= 15 is 0 Å². The summed E-state index contributed by atoms with van der Waals surface area (Å²) in [6.07, 6.45) is 7.65. The molecule has 0 saturated heterocycles. The van der Waals surface area contributed by atoms with Gasteiger partial charge in [-0.15, -0.1) is 0 Å². The largest absolute Gasteiger partial charge is 0.493 e. The van der Waals surface area contributed by atoms with Crippen molar-refractivity contribution in [3.8, 4) is 16.9 Å². The van der Waals surface area contributed by atoms with Crippen LogP contribution in [-0.4, -0.2) is 40.0 Å². The number of carbonyl (C=O) groups excluding carboxylic acids is 1. The third-order valence-electron chi connectivity index (χ3n) is 6.09. The third-order valence-corrected chi connectivity index (χ3v) is 6.09. The van der Waals surface area contributed by atoms with E-state index in [-0.39, 0.29) is 12.3 Å². The standard InChI is InChI=1S/C31H32N2O5/c34-30(35)11-2-1-7-20-38-29-10-4-3-8-26(29)22-33(19-16-28-9-5-6-18-32-28)31(36)25-14-12-24(13-15-25)27-17-21-37-23-27/h3-6,8-10,12-15,17-18,21,23H,1-2,7,11,16,19-20,22H2,(H,34,35)/i22D. The first-order valence-corrected chi connectivity index (χ1v) is 12.7. The number of unbranched alkanes of at least 4 members (excludes halogenated alkanes) is 2. The van der Waals surface area contributed by atoms with Gasteiger partial charge >= 0.3 is 5.97 Å². The van der Waals surface area contributed by atoms with Gasteiger partial charge in [-0.1, -0.05) is 36.4 Å². The van der Waals surface area contributed by atoms with Crippen LogP contribution in [0.25, 0.3) is 11.1 Å². The Morgan fingerprint density at radius 2 is 1.76 bits per heavy atom. The molecule has 4 aromatic rings. The van der Waals surface area contributed by atoms with Crippen molar-refractivity contribution in [3.05, 3.63) is 108 Å². The number of carboxylic acid groups (broad SMARTS) is 1. The number of para-hydroxylation sites is 1. The predicted molar refractivity (Wildman–Crippen MR) is 145 cm³/mol. The van der Waals surface area contributed by atoms with E-state index in [4.69, 9.17) is 15.6 Å². The van der Waals surface area contributed by atoms with Crippen LogP contribution in [0.4, 0.5) is 0 Å². The number of carboxylic acids is 1. The molecule has 0 spiro atoms. The lowest BCUT2D eigenvalue weighted by molar-refractivity contribution is -0.137. The van der Waals surface area contributed by atoms with E-state index in [1.54, 1.807) is 43.0 Å². The van der Waals surface area contributed by atoms with Crippen molar-refractivity contribution in [3.63, 3.8) is 0 Å². The molecule has 0 aliphatic heterocycles. The fourth-order valence-corrected chi connectivity index (χ4v) is 4.03. The van der Waals surface area contributed by atoms with E-state index in [0.29, 0.717) is 49.3 Å². The van der Waals surface area contributed by atoms with Gasteiger partial charge in [-0.25, -0.2) is 0 Å². The van der Waals surface area contributed by atoms with Crippen LogP contribution in [0.2, 0.25) is 0 Å². The minimum absolute atomic E-state index is 0.141. The summed E-state index contributed by atoms with van der Waals surface area (Å²) >= 11 is 0. The van der Waals surface area contributed by atoms with Gasteiger partial charge in [-0.05, 0) is 61.2 Å². The molecule has 38 heavy (non-hydrogen) atoms. The molecule has 0 fully saturated rings. The van der Waals surface area contributed by atoms with E-state index in [1.165, 1.54) is 4.90 Å². The van der Waals surface area contributed by atoms with E-state index in [2.05, 4.69) is 4.98 Å². The van der Waals surface area contributed by atoms with Gasteiger partial charge in [0.1, 0.15) is 5.75 Å². The topological polar surface area (TPSA) is 92.9 Å². The number of benzene rings is 2. The van der Waals surface area contributed by atoms with E-state index in [1.807, 2.05) is 48.5 Å². The molecule has 1 N–H and O–H groups in total. The van der Waals surface area contributed by atoms with Crippen molar-refractivity contribution in [1.29, 1.82) is 0 Å². The first-order valence-electron chi connectivity index (χ1n) is 13.3. The van der Waals surface area contributed by atoms with Gasteiger partial charge in [0.15, 0.2) is 0 Å². The number of rotatable bonds is 14. The highest BCUT2D eigenvalue weighted by molar-refractivity contribution is 5.94. The monoisotopic (exact) mass is 513 g/mol. The van der Waals surface area contributed by atoms with Crippen LogP contribution in [0.5, 0.6) is 5.75 Å². The molecule has 196 valence electrons. The minimum Gasteiger partial charge on any atom is -0.493 e. The quantitative estimate of drug-likeness (QED) is 0.200. The molecule has 2 aromatic carbocycles. The Labute approximate surface area is 224 Å². The predicted octanol–water partition coefficient (Wildman–Crippen LogP) is 6.25. The zero-order chi connectivity index (χ0) is 27.5. The smallest absolute Gasteiger partial charge is 0.303 e. The zero-order valence-corrected chi connectivity index (χ0v) is 21.2. The SMILES string of the molecule is [2H]C(c1ccccc1OCCCCCC(=O)O)N(CCc1ccccn1)C(=O)c1ccc(-c2ccoc2)cc1. The highest BCUT2D eigenvalue weighted by Crippen LogP contribution is 2.24. The summed E-state index contributed by atoms with van der Waals surface area (Å²) in [4.78, 5) is 30.4. The third kappa shape index (κ3) is 7.80. The minimum atomic E-state index is -1.00. The number of aliphatic carboxylic acids is 1. The zero-order valence-electron chi connectivity index (χ0n) is 22.2. The molecular weight excluding hydrogens is 480 g/mol. The van der Waals surface area contributed by atoms with Gasteiger partial charge in [0.05, 0.1) is 20.5 Å². The van der Waals surface area contributed by atoms with Crippen molar-refractivity contribution >= 4 is 11.9 Å². The molecule has 1 amide bonds. The Bertz CT molecular complexity index is 1330. The fourth-order valence-electron chi connectivity index (χ4n) is 4.03. The molecule has 0 aliphatic carbocycles. The number of carbonyl (C=O) groups is 2. The molecule has 7 heteroatoms. The van der Waals surface area contributed by atoms with Gasteiger partial charge in [0, 0.05) is 54.5 Å². The molecule has 4 rings (SSSR count). The number of furan rings is 1. The summed E-state index contributed by atoms with van der Waals surface area (Å²) in [7, 11) is 0. The van der Waals surface area contributed by atoms with Crippen LogP contribution >= 0.6 is 0 Å². The molecule has 2 aromatic heterocycles. The fraction of sp³-hybridized carbons (Fsp3) is 0.258. The summed E-state index contributed by atoms with van der Waals surface area (Å²) in [5.74, 6) is -0.514. The molecular formula is C31H32N2O5. The first-order chi connectivity index (χ1) is 19.0. The normalized spacial score (nSPS) is 11.9. The van der Waals surface area contributed by atoms with Crippen LogP contribution in [0.15, 0.2) is 95.9 Å². The lowest BCUT2D eigenvalue weighted by Crippen LogP contribution is -2.32. The molecule has 1 unspecified atom stereocenters. The number of hydrogen-bond donors (Lipinski definition) is 1. The Morgan fingerprint density at radius 3 is 2.50 bits per heavy atom. The molecule has 2 heterocycles. The van der Waals surface area contributed by atoms with Crippen molar-refractivity contribution < 1.29 is 25.2 Å². The molecule has 1 atom stereocenters. The van der Waals surface area contributed by atoms with Crippen molar-refractivity contribution in [2.24, 2.45) is 0 Å². The number of pyridine rings is 1. The lowest BCUT2D eigenvalue weighted by Gasteiger charge is -2.24. The summed E-state index contributed by atoms with van der Waals surface area (Å²) in [6.45, 7) is -0.296. The average Bonchev–Trinajstić information content (AvgIpc) is 3.51. The van der Waals surface area contributed by atoms with Crippen LogP contribution in [0, 0.1) is 0 Å². The lowest BCUT2D eigenvalue weighted by atomic mass is 10.1. The van der Waals surface area contributed by atoms with Gasteiger partial charge in [0.25, 0.3) is 5.91 Å². The number of ether oxygens (including phenoxy) is 1. The Balaban J connectivity index is 1.51. The molecule has 0 radical (unpaired) electrons. The maximum absolute atomic E-state index is 13.8. The van der Waals surface area contributed by atoms with E-state index in [9.17, 15) is 9.59 Å². The van der Waals surface area contributed by atoms with Crippen LogP contribution in [-0.2, 0) is 17.7 Å². The second-order valence-corrected chi connectivity index (χ2v) is 8.88. The Hall–Kier alpha value is -4.39. The van der Waals surface area contributed by atoms with Gasteiger partial charge < -0.3 is 19.2 Å². The van der Waals surface area contributed by atoms with Crippen LogP contribution < -0.4 is 4.74 Å². The number of aromatic nitrogens is 1. The first kappa shape index (κ1) is 25.3. The summed E-state index contributed by atoms with van der Waals surface area (Å²) in [5.41, 5.74) is 3.77. The summed E-state index contributed by atoms with van der Waals surface area (Å²) in [5, 5.41) is 8.81. The summed E-state index contributed by atoms with van der Waals surface area (Å²) in [6, 6.07) is 22.1. The van der Waals surface area contributed by atoms with E-state index in [0.717, 1.165) is 23.2 Å². The highest BCUT2D eigenvalue weighted by Gasteiger charge is 2.19. The second kappa shape index (κ2) is 13.8. The second-order valence-electron chi connectivity index (χ2n) is 8.88. The van der Waals surface area contributed by atoms with E-state index < -0.39 is 12.5 Å². The maximum Gasteiger partial charge on any atom is 0.303 e. The maximum atomic E-state index is 13.8. The van der Waals surface area contributed by atoms with Gasteiger partial charge in [-0.2, -0.15) is 0 Å². The Morgan fingerprint density at radius 1 is 0.947 bits per heavy atom. The summed E-state index contributed by atoms with van der Waals surface area (Å²) < 4.78 is 20.3. The molecule has 7 nitrogen and oxygen atoms in total. The van der Waals surface area contributed by atoms with Crippen molar-refractivity contribution in [1.82, 2.24) is 9.88 Å².